The molecule has 5 heteroatoms. The van der Waals surface area contributed by atoms with Crippen molar-refractivity contribution < 1.29 is 9.53 Å². The Morgan fingerprint density at radius 1 is 1.07 bits per heavy atom. The van der Waals surface area contributed by atoms with E-state index in [2.05, 4.69) is 23.6 Å². The maximum absolute atomic E-state index is 12.7. The van der Waals surface area contributed by atoms with Crippen molar-refractivity contribution in [3.05, 3.63) is 35.9 Å². The molecule has 1 aromatic carbocycles. The maximum atomic E-state index is 12.7. The van der Waals surface area contributed by atoms with E-state index in [1.54, 1.807) is 0 Å². The fourth-order valence-corrected chi connectivity index (χ4v) is 5.33. The van der Waals surface area contributed by atoms with Crippen LogP contribution in [0, 0.1) is 0 Å². The molecule has 0 aliphatic carbocycles. The molecule has 3 saturated heterocycles. The Kier molecular flexibility index (Phi) is 6.57. The molecular formula is C24H37N3O2. The van der Waals surface area contributed by atoms with Gasteiger partial charge >= 0.3 is 0 Å². The molecule has 0 unspecified atom stereocenters. The third-order valence-electron chi connectivity index (χ3n) is 7.29. The van der Waals surface area contributed by atoms with Crippen LogP contribution in [0.25, 0.3) is 0 Å². The summed E-state index contributed by atoms with van der Waals surface area (Å²) in [6, 6.07) is 11.4. The largest absolute Gasteiger partial charge is 0.375 e. The van der Waals surface area contributed by atoms with Crippen molar-refractivity contribution >= 4 is 5.91 Å². The van der Waals surface area contributed by atoms with E-state index in [1.807, 2.05) is 35.2 Å². The van der Waals surface area contributed by atoms with Crippen LogP contribution in [0.5, 0.6) is 0 Å². The number of carbonyl (C=O) groups is 1. The van der Waals surface area contributed by atoms with E-state index in [9.17, 15) is 4.79 Å². The zero-order chi connectivity index (χ0) is 20.3. The Balaban J connectivity index is 1.28. The average molecular weight is 400 g/mol. The number of piperidine rings is 1. The second-order valence-electron chi connectivity index (χ2n) is 9.39. The first-order chi connectivity index (χ1) is 14.0. The minimum Gasteiger partial charge on any atom is -0.375 e. The van der Waals surface area contributed by atoms with Crippen molar-refractivity contribution in [3.8, 4) is 0 Å². The van der Waals surface area contributed by atoms with Gasteiger partial charge in [-0.2, -0.15) is 0 Å². The lowest BCUT2D eigenvalue weighted by molar-refractivity contribution is -0.150. The first kappa shape index (κ1) is 20.8. The Hall–Kier alpha value is -1.43. The van der Waals surface area contributed by atoms with Crippen LogP contribution >= 0.6 is 0 Å². The van der Waals surface area contributed by atoms with Crippen molar-refractivity contribution in [2.45, 2.75) is 63.6 Å². The summed E-state index contributed by atoms with van der Waals surface area (Å²) in [7, 11) is 0. The molecule has 3 fully saturated rings. The van der Waals surface area contributed by atoms with Gasteiger partial charge in [-0.15, -0.1) is 0 Å². The summed E-state index contributed by atoms with van der Waals surface area (Å²) >= 11 is 0. The predicted octanol–water partition coefficient (Wildman–Crippen LogP) is 2.80. The Morgan fingerprint density at radius 2 is 1.76 bits per heavy atom. The highest BCUT2D eigenvalue weighted by Crippen LogP contribution is 2.37. The van der Waals surface area contributed by atoms with Gasteiger partial charge in [-0.1, -0.05) is 30.3 Å². The average Bonchev–Trinajstić information content (AvgIpc) is 2.75. The van der Waals surface area contributed by atoms with Gasteiger partial charge in [-0.05, 0) is 45.1 Å². The van der Waals surface area contributed by atoms with E-state index in [1.165, 1.54) is 26.2 Å². The summed E-state index contributed by atoms with van der Waals surface area (Å²) in [6.45, 7) is 11.9. The van der Waals surface area contributed by atoms with Gasteiger partial charge < -0.3 is 9.64 Å². The van der Waals surface area contributed by atoms with Gasteiger partial charge in [0.1, 0.15) is 0 Å². The molecule has 3 aliphatic heterocycles. The van der Waals surface area contributed by atoms with E-state index < -0.39 is 0 Å². The maximum Gasteiger partial charge on any atom is 0.226 e. The second-order valence-corrected chi connectivity index (χ2v) is 9.39. The highest BCUT2D eigenvalue weighted by Gasteiger charge is 2.42. The molecule has 5 nitrogen and oxygen atoms in total. The van der Waals surface area contributed by atoms with Crippen LogP contribution in [0.3, 0.4) is 0 Å². The fraction of sp³-hybridized carbons (Fsp3) is 0.708. The number of amides is 1. The summed E-state index contributed by atoms with van der Waals surface area (Å²) in [5.41, 5.74) is 1.09. The van der Waals surface area contributed by atoms with Gasteiger partial charge in [-0.3, -0.25) is 14.6 Å². The highest BCUT2D eigenvalue weighted by atomic mass is 16.5. The number of carbonyl (C=O) groups excluding carboxylic acids is 1. The van der Waals surface area contributed by atoms with Crippen molar-refractivity contribution in [2.24, 2.45) is 0 Å². The molecule has 1 amide bonds. The molecule has 0 saturated carbocycles. The molecule has 0 bridgehead atoms. The number of benzene rings is 1. The quantitative estimate of drug-likeness (QED) is 0.780. The normalized spacial score (nSPS) is 26.2. The molecule has 160 valence electrons. The monoisotopic (exact) mass is 399 g/mol. The van der Waals surface area contributed by atoms with Gasteiger partial charge in [0, 0.05) is 58.0 Å². The van der Waals surface area contributed by atoms with Crippen LogP contribution < -0.4 is 0 Å². The SMILES string of the molecule is CC(C)N1CCN([C@H]2CCOC3(CCN(C(=O)Cc4ccccc4)CC3)C2)CC1. The molecule has 0 aromatic heterocycles. The number of piperazine rings is 1. The van der Waals surface area contributed by atoms with Gasteiger partial charge in [0.15, 0.2) is 0 Å². The predicted molar refractivity (Wildman–Crippen MR) is 116 cm³/mol. The van der Waals surface area contributed by atoms with Crippen LogP contribution in [0.1, 0.15) is 45.1 Å². The summed E-state index contributed by atoms with van der Waals surface area (Å²) < 4.78 is 6.36. The first-order valence-corrected chi connectivity index (χ1v) is 11.5. The minimum atomic E-state index is -0.0123. The molecule has 1 spiro atoms. The van der Waals surface area contributed by atoms with E-state index >= 15 is 0 Å². The highest BCUT2D eigenvalue weighted by molar-refractivity contribution is 5.78. The van der Waals surface area contributed by atoms with Gasteiger partial charge in [-0.25, -0.2) is 0 Å². The number of likely N-dealkylation sites (tertiary alicyclic amines) is 1. The van der Waals surface area contributed by atoms with E-state index in [4.69, 9.17) is 4.74 Å². The van der Waals surface area contributed by atoms with Crippen LogP contribution in [0.2, 0.25) is 0 Å². The summed E-state index contributed by atoms with van der Waals surface area (Å²) in [5.74, 6) is 0.253. The molecule has 0 N–H and O–H groups in total. The van der Waals surface area contributed by atoms with Gasteiger partial charge in [0.05, 0.1) is 12.0 Å². The number of ether oxygens (including phenoxy) is 1. The number of nitrogens with zero attached hydrogens (tertiary/aromatic N) is 3. The smallest absolute Gasteiger partial charge is 0.226 e. The molecule has 3 heterocycles. The van der Waals surface area contributed by atoms with Crippen molar-refractivity contribution in [1.82, 2.24) is 14.7 Å². The minimum absolute atomic E-state index is 0.0123. The van der Waals surface area contributed by atoms with Crippen LogP contribution in [0.15, 0.2) is 30.3 Å². The van der Waals surface area contributed by atoms with Crippen molar-refractivity contribution in [2.75, 3.05) is 45.9 Å². The van der Waals surface area contributed by atoms with E-state index in [-0.39, 0.29) is 11.5 Å². The Labute approximate surface area is 176 Å². The zero-order valence-electron chi connectivity index (χ0n) is 18.2. The number of rotatable bonds is 4. The van der Waals surface area contributed by atoms with Crippen LogP contribution in [0.4, 0.5) is 0 Å². The molecule has 1 aromatic rings. The lowest BCUT2D eigenvalue weighted by Gasteiger charge is -2.50. The Bertz CT molecular complexity index is 662. The Morgan fingerprint density at radius 3 is 2.41 bits per heavy atom. The fourth-order valence-electron chi connectivity index (χ4n) is 5.33. The zero-order valence-corrected chi connectivity index (χ0v) is 18.2. The van der Waals surface area contributed by atoms with E-state index in [0.29, 0.717) is 18.5 Å². The third kappa shape index (κ3) is 5.01. The van der Waals surface area contributed by atoms with Crippen LogP contribution in [-0.2, 0) is 16.0 Å². The number of hydrogen-bond acceptors (Lipinski definition) is 4. The number of hydrogen-bond donors (Lipinski definition) is 0. The second kappa shape index (κ2) is 9.15. The molecular weight excluding hydrogens is 362 g/mol. The summed E-state index contributed by atoms with van der Waals surface area (Å²) in [4.78, 5) is 20.0. The van der Waals surface area contributed by atoms with Crippen LogP contribution in [-0.4, -0.2) is 84.2 Å². The standard InChI is InChI=1S/C24H37N3O2/c1-20(2)25-13-15-26(16-14-25)22-8-17-29-24(19-22)9-11-27(12-10-24)23(28)18-21-6-4-3-5-7-21/h3-7,20,22H,8-19H2,1-2H3/t22-/m0/s1. The molecule has 0 radical (unpaired) electrons. The lowest BCUT2D eigenvalue weighted by Crippen LogP contribution is -2.58. The van der Waals surface area contributed by atoms with E-state index in [0.717, 1.165) is 50.9 Å². The third-order valence-corrected chi connectivity index (χ3v) is 7.29. The topological polar surface area (TPSA) is 36.0 Å². The molecule has 29 heavy (non-hydrogen) atoms. The molecule has 3 aliphatic rings. The van der Waals surface area contributed by atoms with Crippen molar-refractivity contribution in [1.29, 1.82) is 0 Å². The van der Waals surface area contributed by atoms with Gasteiger partial charge in [0.25, 0.3) is 0 Å². The summed E-state index contributed by atoms with van der Waals surface area (Å²) in [6.07, 6.45) is 4.76. The first-order valence-electron chi connectivity index (χ1n) is 11.5. The van der Waals surface area contributed by atoms with Gasteiger partial charge in [0.2, 0.25) is 5.91 Å². The lowest BCUT2D eigenvalue weighted by atomic mass is 9.81. The molecule has 1 atom stereocenters. The molecule has 4 rings (SSSR count). The summed E-state index contributed by atoms with van der Waals surface area (Å²) in [5, 5.41) is 0. The van der Waals surface area contributed by atoms with Crippen molar-refractivity contribution in [3.63, 3.8) is 0 Å².